The Hall–Kier alpha value is -0.570. The third-order valence-electron chi connectivity index (χ3n) is 4.53. The van der Waals surface area contributed by atoms with Crippen LogP contribution in [0.15, 0.2) is 0 Å². The third-order valence-corrected chi connectivity index (χ3v) is 4.53. The van der Waals surface area contributed by atoms with Gasteiger partial charge in [0.25, 0.3) is 0 Å². The predicted molar refractivity (Wildman–Crippen MR) is 102 cm³/mol. The number of hydrogen-bond donors (Lipinski definition) is 0. The van der Waals surface area contributed by atoms with E-state index < -0.39 is 0 Å². The molecule has 0 aliphatic carbocycles. The number of unbranched alkanes of at least 4 members (excludes halogenated alkanes) is 10. The molecule has 0 aromatic rings. The van der Waals surface area contributed by atoms with E-state index in [4.69, 9.17) is 0 Å². The summed E-state index contributed by atoms with van der Waals surface area (Å²) in [6.07, 6.45) is 15.4. The first kappa shape index (κ1) is 22.4. The minimum absolute atomic E-state index is 0.314. The van der Waals surface area contributed by atoms with Crippen LogP contribution in [-0.4, -0.2) is 56.6 Å². The molecule has 0 aliphatic heterocycles. The summed E-state index contributed by atoms with van der Waals surface area (Å²) < 4.78 is 0.913. The smallest absolute Gasteiger partial charge is 0.222 e. The Morgan fingerprint density at radius 1 is 0.783 bits per heavy atom. The fraction of sp³-hybridized carbons (Fsp3) is 0.950. The highest BCUT2D eigenvalue weighted by Crippen LogP contribution is 2.12. The van der Waals surface area contributed by atoms with Gasteiger partial charge < -0.3 is 9.38 Å². The molecule has 0 heterocycles. The zero-order valence-electron chi connectivity index (χ0n) is 16.7. The fourth-order valence-electron chi connectivity index (χ4n) is 2.71. The van der Waals surface area contributed by atoms with Crippen molar-refractivity contribution in [2.24, 2.45) is 0 Å². The number of hydrogen-bond acceptors (Lipinski definition) is 1. The molecule has 0 aromatic heterocycles. The average molecular weight is 328 g/mol. The van der Waals surface area contributed by atoms with Crippen LogP contribution in [0.25, 0.3) is 0 Å². The lowest BCUT2D eigenvalue weighted by Gasteiger charge is -2.27. The molecular weight excluding hydrogens is 284 g/mol. The highest BCUT2D eigenvalue weighted by atomic mass is 16.2. The number of nitrogens with zero attached hydrogens (tertiary/aromatic N) is 2. The molecule has 0 atom stereocenters. The van der Waals surface area contributed by atoms with Gasteiger partial charge >= 0.3 is 0 Å². The van der Waals surface area contributed by atoms with Crippen LogP contribution in [0.5, 0.6) is 0 Å². The monoisotopic (exact) mass is 327 g/mol. The Bertz CT molecular complexity index is 284. The molecule has 3 nitrogen and oxygen atoms in total. The number of carbonyl (C=O) groups is 1. The number of amides is 1. The molecular formula is C20H43N2O+. The van der Waals surface area contributed by atoms with Gasteiger partial charge in [0.2, 0.25) is 5.91 Å². The minimum atomic E-state index is 0.314. The summed E-state index contributed by atoms with van der Waals surface area (Å²) in [5, 5.41) is 0. The Labute approximate surface area is 146 Å². The lowest BCUT2D eigenvalue weighted by Crippen LogP contribution is -2.42. The van der Waals surface area contributed by atoms with Crippen molar-refractivity contribution in [3.05, 3.63) is 0 Å². The minimum Gasteiger partial charge on any atom is -0.340 e. The molecule has 23 heavy (non-hydrogen) atoms. The largest absolute Gasteiger partial charge is 0.340 e. The van der Waals surface area contributed by atoms with E-state index in [-0.39, 0.29) is 0 Å². The van der Waals surface area contributed by atoms with Gasteiger partial charge in [-0.3, -0.25) is 4.79 Å². The van der Waals surface area contributed by atoms with E-state index in [0.717, 1.165) is 30.4 Å². The van der Waals surface area contributed by atoms with Crippen LogP contribution in [0, 0.1) is 0 Å². The Balaban J connectivity index is 3.38. The molecule has 0 fully saturated rings. The van der Waals surface area contributed by atoms with Crippen molar-refractivity contribution in [3.8, 4) is 0 Å². The first-order valence-corrected chi connectivity index (χ1v) is 9.91. The molecule has 0 radical (unpaired) electrons. The maximum Gasteiger partial charge on any atom is 0.222 e. The highest BCUT2D eigenvalue weighted by Gasteiger charge is 2.12. The first-order chi connectivity index (χ1) is 10.9. The van der Waals surface area contributed by atoms with Crippen LogP contribution in [0.4, 0.5) is 0 Å². The van der Waals surface area contributed by atoms with Gasteiger partial charge in [-0.25, -0.2) is 0 Å². The molecule has 1 amide bonds. The second-order valence-corrected chi connectivity index (χ2v) is 8.11. The van der Waals surface area contributed by atoms with Crippen molar-refractivity contribution in [2.75, 3.05) is 41.3 Å². The summed E-state index contributed by atoms with van der Waals surface area (Å²) in [6, 6.07) is 0. The summed E-state index contributed by atoms with van der Waals surface area (Å²) in [7, 11) is 8.45. The molecule has 0 aromatic carbocycles. The quantitative estimate of drug-likeness (QED) is 0.311. The van der Waals surface area contributed by atoms with Gasteiger partial charge in [0.15, 0.2) is 0 Å². The van der Waals surface area contributed by atoms with E-state index in [1.54, 1.807) is 0 Å². The Morgan fingerprint density at radius 3 is 1.65 bits per heavy atom. The average Bonchev–Trinajstić information content (AvgIpc) is 2.49. The van der Waals surface area contributed by atoms with Crippen molar-refractivity contribution >= 4 is 5.91 Å². The van der Waals surface area contributed by atoms with Crippen LogP contribution in [0.2, 0.25) is 0 Å². The zero-order chi connectivity index (χ0) is 17.6. The van der Waals surface area contributed by atoms with Crippen LogP contribution >= 0.6 is 0 Å². The third kappa shape index (κ3) is 16.1. The molecule has 0 rings (SSSR count). The summed E-state index contributed by atoms with van der Waals surface area (Å²) in [6.45, 7) is 4.15. The zero-order valence-corrected chi connectivity index (χ0v) is 16.7. The van der Waals surface area contributed by atoms with Gasteiger partial charge in [0.05, 0.1) is 34.2 Å². The lowest BCUT2D eigenvalue weighted by molar-refractivity contribution is -0.869. The summed E-state index contributed by atoms with van der Waals surface area (Å²) in [5.41, 5.74) is 0. The second kappa shape index (κ2) is 13.8. The summed E-state index contributed by atoms with van der Waals surface area (Å²) >= 11 is 0. The standard InChI is InChI=1S/C20H43N2O/c1-6-7-8-9-10-11-12-13-14-15-16-17-20(23)21(2)18-19-22(3,4)5/h6-19H2,1-5H3/q+1. The number of carbonyl (C=O) groups excluding carboxylic acids is 1. The van der Waals surface area contributed by atoms with Crippen LogP contribution in [0.3, 0.4) is 0 Å². The van der Waals surface area contributed by atoms with Crippen molar-refractivity contribution in [3.63, 3.8) is 0 Å². The maximum absolute atomic E-state index is 12.0. The van der Waals surface area contributed by atoms with Crippen LogP contribution in [0.1, 0.15) is 84.0 Å². The van der Waals surface area contributed by atoms with Crippen molar-refractivity contribution in [1.29, 1.82) is 0 Å². The molecule has 0 saturated heterocycles. The summed E-state index contributed by atoms with van der Waals surface area (Å²) in [5.74, 6) is 0.314. The van der Waals surface area contributed by atoms with Crippen LogP contribution in [-0.2, 0) is 4.79 Å². The molecule has 138 valence electrons. The number of rotatable bonds is 15. The Morgan fingerprint density at radius 2 is 1.22 bits per heavy atom. The Kier molecular flexibility index (Phi) is 13.5. The topological polar surface area (TPSA) is 20.3 Å². The second-order valence-electron chi connectivity index (χ2n) is 8.11. The van der Waals surface area contributed by atoms with Gasteiger partial charge in [-0.1, -0.05) is 71.1 Å². The molecule has 0 aliphatic rings. The maximum atomic E-state index is 12.0. The highest BCUT2D eigenvalue weighted by molar-refractivity contribution is 5.75. The molecule has 0 spiro atoms. The van der Waals surface area contributed by atoms with E-state index in [1.165, 1.54) is 64.2 Å². The fourth-order valence-corrected chi connectivity index (χ4v) is 2.71. The number of quaternary nitrogens is 1. The molecule has 0 saturated carbocycles. The van der Waals surface area contributed by atoms with Gasteiger partial charge in [-0.05, 0) is 6.42 Å². The first-order valence-electron chi connectivity index (χ1n) is 9.91. The normalized spacial score (nSPS) is 11.7. The van der Waals surface area contributed by atoms with Crippen molar-refractivity contribution in [2.45, 2.75) is 84.0 Å². The van der Waals surface area contributed by atoms with Gasteiger partial charge in [-0.15, -0.1) is 0 Å². The van der Waals surface area contributed by atoms with E-state index in [2.05, 4.69) is 28.1 Å². The van der Waals surface area contributed by atoms with E-state index >= 15 is 0 Å². The van der Waals surface area contributed by atoms with Crippen LogP contribution < -0.4 is 0 Å². The molecule has 0 unspecified atom stereocenters. The van der Waals surface area contributed by atoms with Crippen molar-refractivity contribution < 1.29 is 9.28 Å². The molecule has 0 N–H and O–H groups in total. The van der Waals surface area contributed by atoms with E-state index in [1.807, 2.05) is 11.9 Å². The van der Waals surface area contributed by atoms with E-state index in [0.29, 0.717) is 5.91 Å². The SMILES string of the molecule is CCCCCCCCCCCCCC(=O)N(C)CC[N+](C)(C)C. The molecule has 3 heteroatoms. The number of likely N-dealkylation sites (N-methyl/N-ethyl adjacent to an activating group) is 2. The van der Waals surface area contributed by atoms with Gasteiger partial charge in [0, 0.05) is 13.5 Å². The van der Waals surface area contributed by atoms with Crippen molar-refractivity contribution in [1.82, 2.24) is 4.90 Å². The molecule has 0 bridgehead atoms. The van der Waals surface area contributed by atoms with Gasteiger partial charge in [-0.2, -0.15) is 0 Å². The predicted octanol–water partition coefficient (Wildman–Crippen LogP) is 4.85. The van der Waals surface area contributed by atoms with Gasteiger partial charge in [0.1, 0.15) is 0 Å². The summed E-state index contributed by atoms with van der Waals surface area (Å²) in [4.78, 5) is 13.9. The lowest BCUT2D eigenvalue weighted by atomic mass is 10.1. The van der Waals surface area contributed by atoms with E-state index in [9.17, 15) is 4.79 Å².